The van der Waals surface area contributed by atoms with Crippen LogP contribution in [0, 0.1) is 0 Å². The Kier molecular flexibility index (Phi) is 3.92. The fourth-order valence-electron chi connectivity index (χ4n) is 2.06. The first-order chi connectivity index (χ1) is 11.2. The summed E-state index contributed by atoms with van der Waals surface area (Å²) in [4.78, 5) is 30.9. The monoisotopic (exact) mass is 310 g/mol. The summed E-state index contributed by atoms with van der Waals surface area (Å²) in [5, 5.41) is 5.06. The first-order valence-electron chi connectivity index (χ1n) is 6.85. The Morgan fingerprint density at radius 2 is 1.65 bits per heavy atom. The molecule has 0 saturated heterocycles. The standard InChI is InChI=1S/C16H14N4O3/c1-23-12-5-2-10(3-6-12)19-15(21)16(22)20-11-4-7-13-14(8-11)18-9-17-13/h2-9H,1H3,(H,17,18)(H,19,21)(H,20,22). The second-order valence-electron chi connectivity index (χ2n) is 4.77. The van der Waals surface area contributed by atoms with Crippen LogP contribution in [-0.2, 0) is 9.59 Å². The molecule has 1 heterocycles. The van der Waals surface area contributed by atoms with Gasteiger partial charge >= 0.3 is 11.8 Å². The van der Waals surface area contributed by atoms with Crippen molar-refractivity contribution < 1.29 is 14.3 Å². The lowest BCUT2D eigenvalue weighted by atomic mass is 10.2. The highest BCUT2D eigenvalue weighted by Gasteiger charge is 2.14. The first kappa shape index (κ1) is 14.6. The number of hydrogen-bond donors (Lipinski definition) is 3. The minimum absolute atomic E-state index is 0.509. The van der Waals surface area contributed by atoms with E-state index in [4.69, 9.17) is 4.74 Å². The van der Waals surface area contributed by atoms with Crippen molar-refractivity contribution in [2.45, 2.75) is 0 Å². The quantitative estimate of drug-likeness (QED) is 0.646. The number of ether oxygens (including phenoxy) is 1. The molecule has 0 radical (unpaired) electrons. The van der Waals surface area contributed by atoms with E-state index in [0.29, 0.717) is 17.1 Å². The van der Waals surface area contributed by atoms with E-state index in [1.165, 1.54) is 0 Å². The average Bonchev–Trinajstić information content (AvgIpc) is 3.03. The fourth-order valence-corrected chi connectivity index (χ4v) is 2.06. The molecule has 1 aromatic heterocycles. The molecule has 7 nitrogen and oxygen atoms in total. The molecule has 3 rings (SSSR count). The molecule has 23 heavy (non-hydrogen) atoms. The van der Waals surface area contributed by atoms with E-state index in [9.17, 15) is 9.59 Å². The maximum Gasteiger partial charge on any atom is 0.314 e. The molecule has 0 aliphatic heterocycles. The minimum atomic E-state index is -0.750. The van der Waals surface area contributed by atoms with Crippen LogP contribution in [0.3, 0.4) is 0 Å². The largest absolute Gasteiger partial charge is 0.497 e. The Balaban J connectivity index is 1.65. The van der Waals surface area contributed by atoms with Gasteiger partial charge in [-0.1, -0.05) is 0 Å². The molecule has 0 atom stereocenters. The molecule has 2 amide bonds. The molecule has 0 fully saturated rings. The number of nitrogens with one attached hydrogen (secondary N) is 3. The van der Waals surface area contributed by atoms with Gasteiger partial charge in [0, 0.05) is 11.4 Å². The van der Waals surface area contributed by atoms with Gasteiger partial charge in [-0.15, -0.1) is 0 Å². The van der Waals surface area contributed by atoms with Crippen molar-refractivity contribution in [3.05, 3.63) is 48.8 Å². The summed E-state index contributed by atoms with van der Waals surface area (Å²) in [6.07, 6.45) is 1.56. The number of rotatable bonds is 3. The van der Waals surface area contributed by atoms with Crippen LogP contribution in [-0.4, -0.2) is 28.9 Å². The summed E-state index contributed by atoms with van der Waals surface area (Å²) in [5.41, 5.74) is 2.58. The van der Waals surface area contributed by atoms with Gasteiger partial charge in [0.2, 0.25) is 0 Å². The lowest BCUT2D eigenvalue weighted by Crippen LogP contribution is -2.29. The van der Waals surface area contributed by atoms with E-state index in [0.717, 1.165) is 11.0 Å². The summed E-state index contributed by atoms with van der Waals surface area (Å²) < 4.78 is 5.03. The number of amides is 2. The minimum Gasteiger partial charge on any atom is -0.497 e. The molecule has 0 spiro atoms. The van der Waals surface area contributed by atoms with Gasteiger partial charge in [-0.25, -0.2) is 4.98 Å². The molecule has 3 aromatic rings. The summed E-state index contributed by atoms with van der Waals surface area (Å²) in [6.45, 7) is 0. The van der Waals surface area contributed by atoms with E-state index >= 15 is 0 Å². The normalized spacial score (nSPS) is 10.3. The third-order valence-corrected chi connectivity index (χ3v) is 3.23. The number of methoxy groups -OCH3 is 1. The molecular weight excluding hydrogens is 296 g/mol. The number of H-pyrrole nitrogens is 1. The number of aromatic amines is 1. The van der Waals surface area contributed by atoms with Crippen LogP contribution in [0.25, 0.3) is 11.0 Å². The van der Waals surface area contributed by atoms with E-state index in [1.54, 1.807) is 55.9 Å². The molecule has 7 heteroatoms. The zero-order chi connectivity index (χ0) is 16.2. The molecule has 116 valence electrons. The lowest BCUT2D eigenvalue weighted by Gasteiger charge is -2.07. The molecule has 0 unspecified atom stereocenters. The van der Waals surface area contributed by atoms with Crippen LogP contribution >= 0.6 is 0 Å². The van der Waals surface area contributed by atoms with Crippen LogP contribution in [0.4, 0.5) is 11.4 Å². The Hall–Kier alpha value is -3.35. The summed E-state index contributed by atoms with van der Waals surface area (Å²) in [6, 6.07) is 11.8. The summed E-state index contributed by atoms with van der Waals surface area (Å²) in [5.74, 6) is -0.833. The smallest absolute Gasteiger partial charge is 0.314 e. The topological polar surface area (TPSA) is 96.1 Å². The van der Waals surface area contributed by atoms with Crippen molar-refractivity contribution in [1.29, 1.82) is 0 Å². The third-order valence-electron chi connectivity index (χ3n) is 3.23. The van der Waals surface area contributed by atoms with Gasteiger partial charge in [0.05, 0.1) is 24.5 Å². The van der Waals surface area contributed by atoms with Gasteiger partial charge in [0.15, 0.2) is 0 Å². The Morgan fingerprint density at radius 1 is 1.00 bits per heavy atom. The van der Waals surface area contributed by atoms with Crippen molar-refractivity contribution in [3.8, 4) is 5.75 Å². The number of carbonyl (C=O) groups excluding carboxylic acids is 2. The number of carbonyl (C=O) groups is 2. The van der Waals surface area contributed by atoms with E-state index in [1.807, 2.05) is 0 Å². The second-order valence-corrected chi connectivity index (χ2v) is 4.77. The fraction of sp³-hybridized carbons (Fsp3) is 0.0625. The molecule has 0 bridgehead atoms. The third kappa shape index (κ3) is 3.29. The molecular formula is C16H14N4O3. The zero-order valence-corrected chi connectivity index (χ0v) is 12.3. The predicted octanol–water partition coefficient (Wildman–Crippen LogP) is 2.15. The van der Waals surface area contributed by atoms with Gasteiger partial charge in [0.1, 0.15) is 5.75 Å². The zero-order valence-electron chi connectivity index (χ0n) is 12.3. The number of hydrogen-bond acceptors (Lipinski definition) is 4. The predicted molar refractivity (Wildman–Crippen MR) is 86.3 cm³/mol. The van der Waals surface area contributed by atoms with Gasteiger partial charge in [0.25, 0.3) is 0 Å². The van der Waals surface area contributed by atoms with Gasteiger partial charge < -0.3 is 20.4 Å². The van der Waals surface area contributed by atoms with Crippen LogP contribution in [0.1, 0.15) is 0 Å². The number of fused-ring (bicyclic) bond motifs is 1. The first-order valence-corrected chi connectivity index (χ1v) is 6.85. The lowest BCUT2D eigenvalue weighted by molar-refractivity contribution is -0.132. The summed E-state index contributed by atoms with van der Waals surface area (Å²) in [7, 11) is 1.55. The molecule has 0 aliphatic carbocycles. The van der Waals surface area contributed by atoms with Crippen LogP contribution in [0.2, 0.25) is 0 Å². The number of aromatic nitrogens is 2. The van der Waals surface area contributed by atoms with Gasteiger partial charge in [-0.2, -0.15) is 0 Å². The highest BCUT2D eigenvalue weighted by Crippen LogP contribution is 2.17. The van der Waals surface area contributed by atoms with E-state index < -0.39 is 11.8 Å². The van der Waals surface area contributed by atoms with E-state index in [-0.39, 0.29) is 0 Å². The number of benzene rings is 2. The van der Waals surface area contributed by atoms with Crippen molar-refractivity contribution in [1.82, 2.24) is 9.97 Å². The Labute approximate surface area is 131 Å². The second kappa shape index (κ2) is 6.18. The maximum atomic E-state index is 11.9. The number of anilines is 2. The highest BCUT2D eigenvalue weighted by molar-refractivity contribution is 6.43. The summed E-state index contributed by atoms with van der Waals surface area (Å²) >= 11 is 0. The molecule has 3 N–H and O–H groups in total. The highest BCUT2D eigenvalue weighted by atomic mass is 16.5. The van der Waals surface area contributed by atoms with Crippen molar-refractivity contribution in [2.75, 3.05) is 17.7 Å². The van der Waals surface area contributed by atoms with Crippen LogP contribution in [0.15, 0.2) is 48.8 Å². The molecule has 2 aromatic carbocycles. The van der Waals surface area contributed by atoms with Crippen LogP contribution < -0.4 is 15.4 Å². The SMILES string of the molecule is COc1ccc(NC(=O)C(=O)Nc2ccc3nc[nH]c3c2)cc1. The maximum absolute atomic E-state index is 11.9. The number of imidazole rings is 1. The number of nitrogens with zero attached hydrogens (tertiary/aromatic N) is 1. The van der Waals surface area contributed by atoms with E-state index in [2.05, 4.69) is 20.6 Å². The van der Waals surface area contributed by atoms with Gasteiger partial charge in [-0.3, -0.25) is 9.59 Å². The van der Waals surface area contributed by atoms with Crippen molar-refractivity contribution in [2.24, 2.45) is 0 Å². The van der Waals surface area contributed by atoms with Crippen molar-refractivity contribution >= 4 is 34.2 Å². The average molecular weight is 310 g/mol. The van der Waals surface area contributed by atoms with Crippen LogP contribution in [0.5, 0.6) is 5.75 Å². The Morgan fingerprint density at radius 3 is 2.35 bits per heavy atom. The van der Waals surface area contributed by atoms with Crippen molar-refractivity contribution in [3.63, 3.8) is 0 Å². The molecule has 0 saturated carbocycles. The Bertz CT molecular complexity index is 855. The molecule has 0 aliphatic rings. The van der Waals surface area contributed by atoms with Gasteiger partial charge in [-0.05, 0) is 42.5 Å².